The van der Waals surface area contributed by atoms with Gasteiger partial charge in [0.2, 0.25) is 0 Å². The van der Waals surface area contributed by atoms with Crippen molar-refractivity contribution in [2.24, 2.45) is 21.7 Å². The molecule has 0 saturated carbocycles. The van der Waals surface area contributed by atoms with Gasteiger partial charge in [0.05, 0.1) is 0 Å². The molecule has 4 heteroatoms. The molecule has 201 valence electrons. The van der Waals surface area contributed by atoms with E-state index in [-0.39, 0.29) is 47.7 Å². The molecule has 0 aromatic carbocycles. The average Bonchev–Trinajstić information content (AvgIpc) is 2.74. The van der Waals surface area contributed by atoms with Crippen molar-refractivity contribution in [3.05, 3.63) is 80.0 Å². The number of aliphatic hydroxyl groups is 1. The summed E-state index contributed by atoms with van der Waals surface area (Å²) in [5.41, 5.74) is 3.20. The zero-order valence-corrected chi connectivity index (χ0v) is 26.8. The molecule has 0 atom stereocenters. The van der Waals surface area contributed by atoms with E-state index in [2.05, 4.69) is 95.2 Å². The fraction of sp³-hybridized carbons (Fsp3) is 0.515. The van der Waals surface area contributed by atoms with Crippen LogP contribution in [0.1, 0.15) is 90.0 Å². The summed E-state index contributed by atoms with van der Waals surface area (Å²) in [4.78, 5) is 13.4. The van der Waals surface area contributed by atoms with Gasteiger partial charge in [-0.1, -0.05) is 41.5 Å². The number of hydrogen-bond donors (Lipinski definition) is 1. The number of hydrogen-bond acceptors (Lipinski definition) is 3. The SMILES string of the molecule is CC(=C1C=C(C(C)(C)C)OC(C(C)(C)C)=C1)C1=C(O)C(=CC2=CC(C(C)(C)C)=[Se]C(C(C)(C)C)=C2)C1=O. The Kier molecular flexibility index (Phi) is 7.58. The summed E-state index contributed by atoms with van der Waals surface area (Å²) in [5, 5.41) is 11.1. The van der Waals surface area contributed by atoms with Crippen molar-refractivity contribution >= 4 is 24.7 Å². The molecule has 1 aliphatic carbocycles. The second kappa shape index (κ2) is 9.54. The summed E-state index contributed by atoms with van der Waals surface area (Å²) in [6, 6.07) is 0. The van der Waals surface area contributed by atoms with E-state index in [4.69, 9.17) is 4.74 Å². The van der Waals surface area contributed by atoms with Crippen molar-refractivity contribution in [2.75, 3.05) is 0 Å². The van der Waals surface area contributed by atoms with Crippen molar-refractivity contribution in [1.82, 2.24) is 0 Å². The third-order valence-electron chi connectivity index (χ3n) is 6.65. The first kappa shape index (κ1) is 29.4. The summed E-state index contributed by atoms with van der Waals surface area (Å²) in [5.74, 6) is 1.69. The fourth-order valence-corrected chi connectivity index (χ4v) is 6.62. The molecular formula is C33H45O3Se. The van der Waals surface area contributed by atoms with E-state index in [0.29, 0.717) is 11.1 Å². The third kappa shape index (κ3) is 6.29. The topological polar surface area (TPSA) is 46.5 Å². The van der Waals surface area contributed by atoms with Crippen molar-refractivity contribution < 1.29 is 14.6 Å². The molecule has 3 rings (SSSR count). The van der Waals surface area contributed by atoms with Gasteiger partial charge in [0, 0.05) is 0 Å². The van der Waals surface area contributed by atoms with Crippen LogP contribution in [0, 0.1) is 21.7 Å². The first-order valence-electron chi connectivity index (χ1n) is 13.1. The maximum absolute atomic E-state index is 13.4. The van der Waals surface area contributed by atoms with Crippen LogP contribution in [-0.4, -0.2) is 29.8 Å². The Morgan fingerprint density at radius 2 is 1.30 bits per heavy atom. The van der Waals surface area contributed by atoms with Gasteiger partial charge in [0.25, 0.3) is 0 Å². The summed E-state index contributed by atoms with van der Waals surface area (Å²) >= 11 is 0.267. The van der Waals surface area contributed by atoms with Crippen molar-refractivity contribution in [3.63, 3.8) is 0 Å². The quantitative estimate of drug-likeness (QED) is 0.269. The van der Waals surface area contributed by atoms with Gasteiger partial charge in [-0.3, -0.25) is 0 Å². The normalized spacial score (nSPS) is 20.6. The minimum atomic E-state index is -0.186. The number of carbonyl (C=O) groups excluding carboxylic acids is 1. The Labute approximate surface area is 230 Å². The van der Waals surface area contributed by atoms with E-state index in [1.807, 2.05) is 25.2 Å². The Morgan fingerprint density at radius 1 is 0.784 bits per heavy atom. The van der Waals surface area contributed by atoms with Crippen LogP contribution in [0.2, 0.25) is 0 Å². The molecule has 0 amide bonds. The van der Waals surface area contributed by atoms with Gasteiger partial charge in [0.1, 0.15) is 0 Å². The van der Waals surface area contributed by atoms with Crippen LogP contribution in [0.4, 0.5) is 0 Å². The molecule has 37 heavy (non-hydrogen) atoms. The van der Waals surface area contributed by atoms with Crippen molar-refractivity contribution in [2.45, 2.75) is 90.0 Å². The van der Waals surface area contributed by atoms with Gasteiger partial charge in [-0.15, -0.1) is 0 Å². The Hall–Kier alpha value is -2.16. The molecule has 0 saturated heterocycles. The van der Waals surface area contributed by atoms with Gasteiger partial charge < -0.3 is 0 Å². The van der Waals surface area contributed by atoms with E-state index in [1.54, 1.807) is 0 Å². The predicted molar refractivity (Wildman–Crippen MR) is 157 cm³/mol. The van der Waals surface area contributed by atoms with Gasteiger partial charge in [-0.25, -0.2) is 0 Å². The van der Waals surface area contributed by atoms with Crippen LogP contribution in [0.25, 0.3) is 0 Å². The first-order valence-corrected chi connectivity index (χ1v) is 14.8. The molecule has 0 spiro atoms. The van der Waals surface area contributed by atoms with E-state index < -0.39 is 0 Å². The number of ether oxygens (including phenoxy) is 1. The van der Waals surface area contributed by atoms with Crippen LogP contribution in [0.5, 0.6) is 0 Å². The minimum absolute atomic E-state index is 0.0550. The third-order valence-corrected chi connectivity index (χ3v) is 10.6. The molecular weight excluding hydrogens is 523 g/mol. The fourth-order valence-electron chi connectivity index (χ4n) is 4.02. The molecule has 0 aromatic rings. The predicted octanol–water partition coefficient (Wildman–Crippen LogP) is 8.31. The number of carbonyl (C=O) groups is 1. The number of ketones is 1. The molecule has 3 aliphatic rings. The van der Waals surface area contributed by atoms with Crippen LogP contribution in [-0.2, 0) is 9.53 Å². The molecule has 0 fully saturated rings. The number of allylic oxidation sites excluding steroid dienone is 13. The average molecular weight is 569 g/mol. The van der Waals surface area contributed by atoms with Gasteiger partial charge in [-0.05, 0) is 0 Å². The summed E-state index contributed by atoms with van der Waals surface area (Å²) in [6.45, 7) is 28.0. The number of aliphatic hydroxyl groups excluding tert-OH is 1. The molecule has 3 nitrogen and oxygen atoms in total. The van der Waals surface area contributed by atoms with E-state index in [9.17, 15) is 9.90 Å². The Balaban J connectivity index is 2.10. The van der Waals surface area contributed by atoms with Crippen molar-refractivity contribution in [1.29, 1.82) is 0 Å². The molecule has 2 heterocycles. The van der Waals surface area contributed by atoms with Crippen LogP contribution < -0.4 is 0 Å². The molecule has 1 N–H and O–H groups in total. The zero-order valence-electron chi connectivity index (χ0n) is 25.1. The van der Waals surface area contributed by atoms with E-state index >= 15 is 0 Å². The van der Waals surface area contributed by atoms with E-state index in [0.717, 1.165) is 28.2 Å². The molecule has 0 unspecified atom stereocenters. The van der Waals surface area contributed by atoms with Crippen LogP contribution in [0.15, 0.2) is 80.0 Å². The van der Waals surface area contributed by atoms with Gasteiger partial charge >= 0.3 is 189 Å². The molecule has 2 aliphatic heterocycles. The monoisotopic (exact) mass is 569 g/mol. The second-order valence-electron chi connectivity index (χ2n) is 14.4. The summed E-state index contributed by atoms with van der Waals surface area (Å²) < 4.78 is 9.07. The number of rotatable bonds is 2. The molecule has 1 radical (unpaired) electrons. The number of Topliss-reactive ketones (excluding diaryl/α,β-unsaturated/α-hetero) is 1. The summed E-state index contributed by atoms with van der Waals surface area (Å²) in [6.07, 6.45) is 10.3. The molecule has 0 bridgehead atoms. The van der Waals surface area contributed by atoms with Crippen molar-refractivity contribution in [3.8, 4) is 0 Å². The molecule has 0 aromatic heterocycles. The first-order chi connectivity index (χ1) is 16.6. The van der Waals surface area contributed by atoms with Gasteiger partial charge in [-0.2, -0.15) is 0 Å². The maximum atomic E-state index is 13.4. The van der Waals surface area contributed by atoms with E-state index in [1.165, 1.54) is 8.89 Å². The van der Waals surface area contributed by atoms with Gasteiger partial charge in [0.15, 0.2) is 0 Å². The summed E-state index contributed by atoms with van der Waals surface area (Å²) in [7, 11) is 0. The van der Waals surface area contributed by atoms with Crippen LogP contribution in [0.3, 0.4) is 0 Å². The van der Waals surface area contributed by atoms with Crippen LogP contribution >= 0.6 is 0 Å². The standard InChI is InChI=1S/C33H45O3Se/c1-19(21-17-23(30(2,3)4)36-24(18-21)31(5,6)7)27-28(34)22(29(27)35)14-20-15-25(32(8,9)10)37-26(16-20)33(11,12)13/h14-18,34H,1-13H3. The zero-order chi connectivity index (χ0) is 28.3. The second-order valence-corrected chi connectivity index (χ2v) is 16.7. The Morgan fingerprint density at radius 3 is 1.70 bits per heavy atom. The Bertz CT molecular complexity index is 1230.